The summed E-state index contributed by atoms with van der Waals surface area (Å²) in [4.78, 5) is 12.1. The number of thioether (sulfide) groups is 1. The van der Waals surface area contributed by atoms with Crippen LogP contribution < -0.4 is 5.43 Å². The molecule has 29 heavy (non-hydrogen) atoms. The van der Waals surface area contributed by atoms with Crippen LogP contribution in [0.1, 0.15) is 12.5 Å². The molecule has 0 unspecified atom stereocenters. The van der Waals surface area contributed by atoms with E-state index in [1.807, 2.05) is 23.6 Å². The number of hydrazone groups is 1. The molecular weight excluding hydrogens is 453 g/mol. The number of aromatic nitrogens is 3. The van der Waals surface area contributed by atoms with E-state index in [0.717, 1.165) is 11.4 Å². The molecule has 10 heteroatoms. The minimum absolute atomic E-state index is 0.138. The van der Waals surface area contributed by atoms with Gasteiger partial charge in [0.05, 0.1) is 22.0 Å². The van der Waals surface area contributed by atoms with Crippen LogP contribution >= 0.6 is 46.6 Å². The Kier molecular flexibility index (Phi) is 7.55. The first kappa shape index (κ1) is 21.6. The summed E-state index contributed by atoms with van der Waals surface area (Å²) in [6.07, 6.45) is 1.45. The molecule has 0 radical (unpaired) electrons. The molecule has 3 rings (SSSR count). The van der Waals surface area contributed by atoms with Gasteiger partial charge in [-0.2, -0.15) is 5.10 Å². The average Bonchev–Trinajstić information content (AvgIpc) is 3.13. The van der Waals surface area contributed by atoms with E-state index in [9.17, 15) is 4.79 Å². The third-order valence-electron chi connectivity index (χ3n) is 3.84. The molecular formula is C19H16Cl3N5OS. The molecule has 0 saturated heterocycles. The zero-order chi connectivity index (χ0) is 20.8. The van der Waals surface area contributed by atoms with Crippen molar-refractivity contribution < 1.29 is 4.79 Å². The summed E-state index contributed by atoms with van der Waals surface area (Å²) < 4.78 is 1.94. The van der Waals surface area contributed by atoms with Crippen LogP contribution in [0, 0.1) is 0 Å². The molecule has 1 amide bonds. The Bertz CT molecular complexity index is 1040. The van der Waals surface area contributed by atoms with Crippen molar-refractivity contribution >= 4 is 58.7 Å². The lowest BCUT2D eigenvalue weighted by molar-refractivity contribution is -0.118. The number of amides is 1. The predicted molar refractivity (Wildman–Crippen MR) is 119 cm³/mol. The molecule has 0 spiro atoms. The van der Waals surface area contributed by atoms with Gasteiger partial charge in [-0.05, 0) is 37.3 Å². The molecule has 2 aromatic carbocycles. The Morgan fingerprint density at radius 2 is 1.93 bits per heavy atom. The summed E-state index contributed by atoms with van der Waals surface area (Å²) in [5, 5.41) is 14.5. The van der Waals surface area contributed by atoms with Gasteiger partial charge in [-0.1, -0.05) is 58.7 Å². The molecule has 150 valence electrons. The Morgan fingerprint density at radius 1 is 1.17 bits per heavy atom. The Morgan fingerprint density at radius 3 is 2.66 bits per heavy atom. The van der Waals surface area contributed by atoms with Crippen molar-refractivity contribution in [2.75, 3.05) is 5.75 Å². The van der Waals surface area contributed by atoms with Gasteiger partial charge in [0.15, 0.2) is 11.0 Å². The SMILES string of the molecule is CCn1c(SCC(=O)NN=Cc2cccc(Cl)c2Cl)nnc1-c1ccc(Cl)cc1. The van der Waals surface area contributed by atoms with Crippen LogP contribution in [0.25, 0.3) is 11.4 Å². The minimum atomic E-state index is -0.275. The van der Waals surface area contributed by atoms with Crippen LogP contribution in [0.5, 0.6) is 0 Å². The summed E-state index contributed by atoms with van der Waals surface area (Å²) >= 11 is 19.3. The van der Waals surface area contributed by atoms with Crippen molar-refractivity contribution in [1.29, 1.82) is 0 Å². The molecule has 1 N–H and O–H groups in total. The number of carbonyl (C=O) groups is 1. The number of carbonyl (C=O) groups excluding carboxylic acids is 1. The van der Waals surface area contributed by atoms with Gasteiger partial charge < -0.3 is 4.57 Å². The largest absolute Gasteiger partial charge is 0.302 e. The third kappa shape index (κ3) is 5.51. The van der Waals surface area contributed by atoms with E-state index >= 15 is 0 Å². The molecule has 0 atom stereocenters. The van der Waals surface area contributed by atoms with Crippen molar-refractivity contribution in [3.05, 3.63) is 63.1 Å². The molecule has 3 aromatic rings. The Balaban J connectivity index is 1.61. The van der Waals surface area contributed by atoms with Crippen LogP contribution in [0.15, 0.2) is 52.7 Å². The topological polar surface area (TPSA) is 72.2 Å². The standard InChI is InChI=1S/C19H16Cl3N5OS/c1-2-27-18(12-6-8-14(20)9-7-12)25-26-19(27)29-11-16(28)24-23-10-13-4-3-5-15(21)17(13)22/h3-10H,2,11H2,1H3,(H,24,28). The van der Waals surface area contributed by atoms with Gasteiger partial charge in [0.25, 0.3) is 5.91 Å². The van der Waals surface area contributed by atoms with Gasteiger partial charge in [0.1, 0.15) is 0 Å². The zero-order valence-electron chi connectivity index (χ0n) is 15.3. The second-order valence-corrected chi connectivity index (χ2v) is 7.95. The van der Waals surface area contributed by atoms with Gasteiger partial charge in [-0.15, -0.1) is 10.2 Å². The Labute approximate surface area is 187 Å². The molecule has 0 aliphatic carbocycles. The van der Waals surface area contributed by atoms with Crippen molar-refractivity contribution in [3.63, 3.8) is 0 Å². The third-order valence-corrected chi connectivity index (χ3v) is 5.89. The van der Waals surface area contributed by atoms with Gasteiger partial charge in [0, 0.05) is 22.7 Å². The Hall–Kier alpha value is -2.06. The van der Waals surface area contributed by atoms with Crippen LogP contribution in [-0.2, 0) is 11.3 Å². The van der Waals surface area contributed by atoms with Crippen LogP contribution in [0.3, 0.4) is 0 Å². The first-order chi connectivity index (χ1) is 14.0. The highest BCUT2D eigenvalue weighted by Gasteiger charge is 2.14. The van der Waals surface area contributed by atoms with Gasteiger partial charge >= 0.3 is 0 Å². The molecule has 0 fully saturated rings. The average molecular weight is 469 g/mol. The summed E-state index contributed by atoms with van der Waals surface area (Å²) in [5.74, 6) is 0.586. The van der Waals surface area contributed by atoms with Crippen LogP contribution in [-0.4, -0.2) is 32.6 Å². The maximum Gasteiger partial charge on any atom is 0.250 e. The fraction of sp³-hybridized carbons (Fsp3) is 0.158. The van der Waals surface area contributed by atoms with Crippen molar-refractivity contribution in [2.24, 2.45) is 5.10 Å². The second-order valence-electron chi connectivity index (χ2n) is 5.78. The predicted octanol–water partition coefficient (Wildman–Crippen LogP) is 5.17. The molecule has 6 nitrogen and oxygen atoms in total. The normalized spacial score (nSPS) is 11.2. The van der Waals surface area contributed by atoms with E-state index < -0.39 is 0 Å². The van der Waals surface area contributed by atoms with Gasteiger partial charge in [0.2, 0.25) is 0 Å². The minimum Gasteiger partial charge on any atom is -0.302 e. The van der Waals surface area contributed by atoms with E-state index in [1.165, 1.54) is 18.0 Å². The number of benzene rings is 2. The number of hydrogen-bond donors (Lipinski definition) is 1. The van der Waals surface area contributed by atoms with Crippen LogP contribution in [0.2, 0.25) is 15.1 Å². The molecule has 1 aromatic heterocycles. The molecule has 0 bridgehead atoms. The maximum atomic E-state index is 12.1. The summed E-state index contributed by atoms with van der Waals surface area (Å²) in [6.45, 7) is 2.66. The first-order valence-electron chi connectivity index (χ1n) is 8.57. The number of rotatable bonds is 7. The van der Waals surface area contributed by atoms with E-state index in [-0.39, 0.29) is 11.7 Å². The first-order valence-corrected chi connectivity index (χ1v) is 10.7. The second kappa shape index (κ2) is 10.1. The van der Waals surface area contributed by atoms with Crippen molar-refractivity contribution in [2.45, 2.75) is 18.6 Å². The summed E-state index contributed by atoms with van der Waals surface area (Å²) in [5.41, 5.74) is 3.99. The smallest absolute Gasteiger partial charge is 0.250 e. The monoisotopic (exact) mass is 467 g/mol. The number of nitrogens with one attached hydrogen (secondary N) is 1. The lowest BCUT2D eigenvalue weighted by Gasteiger charge is -2.07. The fourth-order valence-electron chi connectivity index (χ4n) is 2.45. The highest BCUT2D eigenvalue weighted by Crippen LogP contribution is 2.25. The van der Waals surface area contributed by atoms with Crippen LogP contribution in [0.4, 0.5) is 0 Å². The highest BCUT2D eigenvalue weighted by atomic mass is 35.5. The van der Waals surface area contributed by atoms with E-state index in [0.29, 0.717) is 32.3 Å². The maximum absolute atomic E-state index is 12.1. The fourth-order valence-corrected chi connectivity index (χ4v) is 3.73. The van der Waals surface area contributed by atoms with E-state index in [1.54, 1.807) is 30.3 Å². The van der Waals surface area contributed by atoms with Gasteiger partial charge in [-0.25, -0.2) is 5.43 Å². The van der Waals surface area contributed by atoms with E-state index in [2.05, 4.69) is 20.7 Å². The number of nitrogens with zero attached hydrogens (tertiary/aromatic N) is 4. The highest BCUT2D eigenvalue weighted by molar-refractivity contribution is 7.99. The lowest BCUT2D eigenvalue weighted by atomic mass is 10.2. The van der Waals surface area contributed by atoms with Crippen molar-refractivity contribution in [1.82, 2.24) is 20.2 Å². The van der Waals surface area contributed by atoms with Gasteiger partial charge in [-0.3, -0.25) is 4.79 Å². The zero-order valence-corrected chi connectivity index (χ0v) is 18.4. The molecule has 0 aliphatic rings. The molecule has 0 saturated carbocycles. The van der Waals surface area contributed by atoms with E-state index in [4.69, 9.17) is 34.8 Å². The number of halogens is 3. The summed E-state index contributed by atoms with van der Waals surface area (Å²) in [7, 11) is 0. The molecule has 0 aliphatic heterocycles. The number of hydrogen-bond acceptors (Lipinski definition) is 5. The summed E-state index contributed by atoms with van der Waals surface area (Å²) in [6, 6.07) is 12.6. The lowest BCUT2D eigenvalue weighted by Crippen LogP contribution is -2.20. The quantitative estimate of drug-likeness (QED) is 0.295. The van der Waals surface area contributed by atoms with Crippen molar-refractivity contribution in [3.8, 4) is 11.4 Å². The molecule has 1 heterocycles.